The number of anilines is 1. The van der Waals surface area contributed by atoms with E-state index in [1.165, 1.54) is 7.11 Å². The molecule has 0 saturated carbocycles. The maximum Gasteiger partial charge on any atom is 0.420 e. The normalized spacial score (nSPS) is 12.4. The number of carbonyl (C=O) groups excluding carboxylic acids is 3. The average molecular weight is 523 g/mol. The van der Waals surface area contributed by atoms with Crippen LogP contribution in [0.5, 0.6) is 5.75 Å². The van der Waals surface area contributed by atoms with E-state index in [9.17, 15) is 14.4 Å². The van der Waals surface area contributed by atoms with Crippen LogP contribution in [0.3, 0.4) is 0 Å². The molecule has 0 aliphatic heterocycles. The number of para-hydroxylation sites is 1. The number of benzene rings is 1. The molecule has 0 fully saturated rings. The van der Waals surface area contributed by atoms with E-state index in [1.54, 1.807) is 80.5 Å². The monoisotopic (exact) mass is 522 g/mol. The highest BCUT2D eigenvalue weighted by atomic mass is 16.6. The van der Waals surface area contributed by atoms with Crippen LogP contribution < -0.4 is 15.4 Å². The zero-order chi connectivity index (χ0) is 28.6. The second-order valence-electron chi connectivity index (χ2n) is 11.1. The molecule has 0 unspecified atom stereocenters. The van der Waals surface area contributed by atoms with E-state index < -0.39 is 35.1 Å². The van der Waals surface area contributed by atoms with E-state index in [-0.39, 0.29) is 12.5 Å². The highest BCUT2D eigenvalue weighted by Gasteiger charge is 2.32. The minimum Gasteiger partial charge on any atom is -0.494 e. The van der Waals surface area contributed by atoms with Crippen molar-refractivity contribution in [1.82, 2.24) is 10.2 Å². The molecule has 208 valence electrons. The topological polar surface area (TPSA) is 128 Å². The Balaban J connectivity index is 3.33. The lowest BCUT2D eigenvalue weighted by molar-refractivity contribution is -0.000380. The van der Waals surface area contributed by atoms with Gasteiger partial charge in [-0.05, 0) is 75.3 Å². The standard InChI is InChI=1S/C26H42N4O7/c1-12-27-20(29-21(31)35-24(2,3)4)28-18-15-13-14-17(19(18)34-11)16-30(22(32)36-25(5,6)7)23(33)37-26(8,9)10/h13-15H,12,16H2,1-11H3,(H2,27,28,29,31). The summed E-state index contributed by atoms with van der Waals surface area (Å²) in [6.45, 7) is 17.5. The molecule has 1 aromatic rings. The Kier molecular flexibility index (Phi) is 10.8. The Morgan fingerprint density at radius 2 is 1.38 bits per heavy atom. The zero-order valence-corrected chi connectivity index (χ0v) is 23.9. The minimum atomic E-state index is -0.859. The molecule has 0 aromatic heterocycles. The molecule has 11 heteroatoms. The van der Waals surface area contributed by atoms with E-state index >= 15 is 0 Å². The van der Waals surface area contributed by atoms with Crippen LogP contribution in [0.2, 0.25) is 0 Å². The molecule has 3 amide bonds. The van der Waals surface area contributed by atoms with Crippen LogP contribution in [0, 0.1) is 0 Å². The number of amides is 3. The number of carbonyl (C=O) groups is 3. The first kappa shape index (κ1) is 31.5. The molecule has 0 heterocycles. The molecule has 0 saturated heterocycles. The van der Waals surface area contributed by atoms with Gasteiger partial charge in [0.1, 0.15) is 22.6 Å². The molecular formula is C26H42N4O7. The van der Waals surface area contributed by atoms with Gasteiger partial charge in [0.2, 0.25) is 5.96 Å². The van der Waals surface area contributed by atoms with Crippen LogP contribution >= 0.6 is 0 Å². The Bertz CT molecular complexity index is 958. The number of ether oxygens (including phenoxy) is 4. The number of nitrogens with one attached hydrogen (secondary N) is 2. The van der Waals surface area contributed by atoms with Crippen molar-refractivity contribution >= 4 is 29.9 Å². The summed E-state index contributed by atoms with van der Waals surface area (Å²) in [5.74, 6) is 0.470. The summed E-state index contributed by atoms with van der Waals surface area (Å²) in [4.78, 5) is 43.3. The number of hydrogen-bond acceptors (Lipinski definition) is 8. The number of aliphatic imine (C=N–C) groups is 1. The summed E-state index contributed by atoms with van der Waals surface area (Å²) >= 11 is 0. The lowest BCUT2D eigenvalue weighted by Gasteiger charge is -2.29. The van der Waals surface area contributed by atoms with E-state index in [0.717, 1.165) is 4.90 Å². The van der Waals surface area contributed by atoms with Gasteiger partial charge in [-0.2, -0.15) is 0 Å². The maximum absolute atomic E-state index is 12.9. The largest absolute Gasteiger partial charge is 0.494 e. The van der Waals surface area contributed by atoms with Gasteiger partial charge in [-0.15, -0.1) is 0 Å². The van der Waals surface area contributed by atoms with Crippen molar-refractivity contribution in [3.05, 3.63) is 23.8 Å². The van der Waals surface area contributed by atoms with Crippen LogP contribution in [-0.2, 0) is 20.8 Å². The SMILES string of the molecule is CC/N=C(/NC(=O)OC(C)(C)C)Nc1cccc(CN(C(=O)OC(C)(C)C)C(=O)OC(C)(C)C)c1OC. The van der Waals surface area contributed by atoms with E-state index in [2.05, 4.69) is 15.6 Å². The van der Waals surface area contributed by atoms with Crippen molar-refractivity contribution < 1.29 is 33.3 Å². The van der Waals surface area contributed by atoms with Gasteiger partial charge in [0.05, 0.1) is 19.3 Å². The second-order valence-corrected chi connectivity index (χ2v) is 11.1. The highest BCUT2D eigenvalue weighted by molar-refractivity contribution is 6.03. The number of imide groups is 1. The summed E-state index contributed by atoms with van der Waals surface area (Å²) in [7, 11) is 1.45. The van der Waals surface area contributed by atoms with Crippen LogP contribution in [0.4, 0.5) is 20.1 Å². The Hall–Kier alpha value is -3.50. The first-order valence-corrected chi connectivity index (χ1v) is 12.1. The van der Waals surface area contributed by atoms with Gasteiger partial charge in [0, 0.05) is 12.1 Å². The van der Waals surface area contributed by atoms with Gasteiger partial charge in [-0.1, -0.05) is 12.1 Å². The minimum absolute atomic E-state index is 0.142. The quantitative estimate of drug-likeness (QED) is 0.287. The zero-order valence-electron chi connectivity index (χ0n) is 23.9. The Morgan fingerprint density at radius 3 is 1.81 bits per heavy atom. The van der Waals surface area contributed by atoms with E-state index in [0.29, 0.717) is 23.5 Å². The van der Waals surface area contributed by atoms with Gasteiger partial charge in [-0.3, -0.25) is 10.3 Å². The molecule has 0 aliphatic carbocycles. The highest BCUT2D eigenvalue weighted by Crippen LogP contribution is 2.31. The van der Waals surface area contributed by atoms with Crippen molar-refractivity contribution in [2.45, 2.75) is 92.6 Å². The summed E-state index contributed by atoms with van der Waals surface area (Å²) < 4.78 is 21.8. The maximum atomic E-state index is 12.9. The summed E-state index contributed by atoms with van der Waals surface area (Å²) in [6.07, 6.45) is -2.40. The number of hydrogen-bond donors (Lipinski definition) is 2. The molecule has 1 aromatic carbocycles. The Labute approximate surface area is 219 Å². The fourth-order valence-electron chi connectivity index (χ4n) is 2.85. The van der Waals surface area contributed by atoms with Crippen molar-refractivity contribution in [3.8, 4) is 5.75 Å². The van der Waals surface area contributed by atoms with Crippen molar-refractivity contribution in [2.24, 2.45) is 4.99 Å². The molecule has 11 nitrogen and oxygen atoms in total. The first-order valence-electron chi connectivity index (χ1n) is 12.1. The Morgan fingerprint density at radius 1 is 0.865 bits per heavy atom. The molecule has 0 bridgehead atoms. The number of alkyl carbamates (subject to hydrolysis) is 1. The number of rotatable bonds is 5. The second kappa shape index (κ2) is 12.6. The number of guanidine groups is 1. The third-order valence-electron chi connectivity index (χ3n) is 4.05. The number of nitrogens with zero attached hydrogens (tertiary/aromatic N) is 2. The van der Waals surface area contributed by atoms with Crippen molar-refractivity contribution in [3.63, 3.8) is 0 Å². The van der Waals surface area contributed by atoms with Crippen LogP contribution in [0.25, 0.3) is 0 Å². The van der Waals surface area contributed by atoms with Crippen LogP contribution in [0.1, 0.15) is 74.8 Å². The third-order valence-corrected chi connectivity index (χ3v) is 4.05. The molecule has 1 rings (SSSR count). The third kappa shape index (κ3) is 11.9. The van der Waals surface area contributed by atoms with Crippen molar-refractivity contribution in [2.75, 3.05) is 19.0 Å². The van der Waals surface area contributed by atoms with Crippen LogP contribution in [-0.4, -0.2) is 59.6 Å². The smallest absolute Gasteiger partial charge is 0.420 e. The lowest BCUT2D eigenvalue weighted by Crippen LogP contribution is -2.43. The predicted octanol–water partition coefficient (Wildman–Crippen LogP) is 5.68. The van der Waals surface area contributed by atoms with E-state index in [1.807, 2.05) is 6.92 Å². The van der Waals surface area contributed by atoms with Gasteiger partial charge >= 0.3 is 18.3 Å². The van der Waals surface area contributed by atoms with Crippen LogP contribution in [0.15, 0.2) is 23.2 Å². The molecular weight excluding hydrogens is 480 g/mol. The first-order chi connectivity index (χ1) is 16.8. The van der Waals surface area contributed by atoms with Gasteiger partial charge in [-0.25, -0.2) is 19.3 Å². The molecule has 0 spiro atoms. The molecule has 0 aliphatic rings. The molecule has 37 heavy (non-hydrogen) atoms. The van der Waals surface area contributed by atoms with Gasteiger partial charge < -0.3 is 24.3 Å². The predicted molar refractivity (Wildman–Crippen MR) is 142 cm³/mol. The summed E-state index contributed by atoms with van der Waals surface area (Å²) in [6, 6.07) is 5.11. The van der Waals surface area contributed by atoms with Crippen molar-refractivity contribution in [1.29, 1.82) is 0 Å². The fraction of sp³-hybridized carbons (Fsp3) is 0.615. The molecule has 0 atom stereocenters. The lowest BCUT2D eigenvalue weighted by atomic mass is 10.1. The average Bonchev–Trinajstić information content (AvgIpc) is 2.68. The van der Waals surface area contributed by atoms with Gasteiger partial charge in [0.25, 0.3) is 0 Å². The molecule has 2 N–H and O–H groups in total. The van der Waals surface area contributed by atoms with E-state index in [4.69, 9.17) is 18.9 Å². The van der Waals surface area contributed by atoms with Gasteiger partial charge in [0.15, 0.2) is 0 Å². The fourth-order valence-corrected chi connectivity index (χ4v) is 2.85. The summed E-state index contributed by atoms with van der Waals surface area (Å²) in [5.41, 5.74) is -1.42. The molecule has 0 radical (unpaired) electrons. The summed E-state index contributed by atoms with van der Waals surface area (Å²) in [5, 5.41) is 5.61. The number of methoxy groups -OCH3 is 1.